The Morgan fingerprint density at radius 2 is 1.90 bits per heavy atom. The normalized spacial score (nSPS) is 10.7. The maximum absolute atomic E-state index is 11.9. The summed E-state index contributed by atoms with van der Waals surface area (Å²) in [6.07, 6.45) is 0.114. The van der Waals surface area contributed by atoms with Crippen molar-refractivity contribution in [3.05, 3.63) is 65.4 Å². The second-order valence-corrected chi connectivity index (χ2v) is 4.89. The monoisotopic (exact) mass is 281 g/mol. The van der Waals surface area contributed by atoms with Gasteiger partial charge in [-0.1, -0.05) is 41.6 Å². The number of hydrogen-bond donors (Lipinski definition) is 0. The van der Waals surface area contributed by atoms with Gasteiger partial charge < -0.3 is 9.26 Å². The predicted octanol–water partition coefficient (Wildman–Crippen LogP) is 3.42. The van der Waals surface area contributed by atoms with Crippen molar-refractivity contribution in [3.63, 3.8) is 0 Å². The molecule has 0 saturated carbocycles. The lowest BCUT2D eigenvalue weighted by Gasteiger charge is -2.06. The Labute approximate surface area is 122 Å². The molecule has 0 fully saturated rings. The van der Waals surface area contributed by atoms with Crippen molar-refractivity contribution in [2.45, 2.75) is 20.0 Å². The minimum Gasteiger partial charge on any atom is -0.461 e. The molecule has 2 aromatic carbocycles. The fraction of sp³-hybridized carbons (Fsp3) is 0.176. The fourth-order valence-corrected chi connectivity index (χ4v) is 2.18. The smallest absolute Gasteiger partial charge is 0.312 e. The van der Waals surface area contributed by atoms with E-state index in [1.165, 1.54) is 0 Å². The molecule has 1 aromatic heterocycles. The maximum atomic E-state index is 11.9. The number of hydrogen-bond acceptors (Lipinski definition) is 4. The van der Waals surface area contributed by atoms with Crippen molar-refractivity contribution in [3.8, 4) is 0 Å². The lowest BCUT2D eigenvalue weighted by molar-refractivity contribution is -0.144. The first-order valence-corrected chi connectivity index (χ1v) is 6.77. The van der Waals surface area contributed by atoms with Crippen LogP contribution in [0.1, 0.15) is 16.8 Å². The molecule has 0 bridgehead atoms. The van der Waals surface area contributed by atoms with Gasteiger partial charge in [0, 0.05) is 5.39 Å². The Bertz CT molecular complexity index is 776. The van der Waals surface area contributed by atoms with E-state index in [0.29, 0.717) is 11.3 Å². The molecule has 4 heteroatoms. The first-order valence-electron chi connectivity index (χ1n) is 6.77. The van der Waals surface area contributed by atoms with Gasteiger partial charge in [0.2, 0.25) is 0 Å². The summed E-state index contributed by atoms with van der Waals surface area (Å²) in [4.78, 5) is 11.9. The van der Waals surface area contributed by atoms with Crippen LogP contribution in [-0.4, -0.2) is 11.1 Å². The molecule has 0 saturated heterocycles. The molecule has 3 aromatic rings. The van der Waals surface area contributed by atoms with E-state index >= 15 is 0 Å². The zero-order valence-electron chi connectivity index (χ0n) is 11.7. The molecule has 0 aliphatic heterocycles. The number of esters is 1. The number of ether oxygens (including phenoxy) is 1. The lowest BCUT2D eigenvalue weighted by atomic mass is 10.1. The number of nitrogens with zero attached hydrogens (tertiary/aromatic N) is 1. The van der Waals surface area contributed by atoms with Gasteiger partial charge in [0.05, 0.1) is 6.42 Å². The van der Waals surface area contributed by atoms with E-state index in [1.54, 1.807) is 0 Å². The SMILES string of the molecule is Cc1ccccc1COC(=O)Cc1noc2ccccc12. The number of aryl methyl sites for hydroxylation is 1. The number of carbonyl (C=O) groups excluding carboxylic acids is 1. The molecule has 21 heavy (non-hydrogen) atoms. The summed E-state index contributed by atoms with van der Waals surface area (Å²) in [5.41, 5.74) is 3.41. The molecule has 0 atom stereocenters. The van der Waals surface area contributed by atoms with Gasteiger partial charge in [-0.05, 0) is 30.2 Å². The van der Waals surface area contributed by atoms with Gasteiger partial charge in [-0.3, -0.25) is 4.79 Å². The molecule has 0 aliphatic rings. The van der Waals surface area contributed by atoms with Crippen LogP contribution >= 0.6 is 0 Å². The number of rotatable bonds is 4. The molecule has 0 radical (unpaired) electrons. The Morgan fingerprint density at radius 1 is 1.14 bits per heavy atom. The number of fused-ring (bicyclic) bond motifs is 1. The Balaban J connectivity index is 1.66. The topological polar surface area (TPSA) is 52.3 Å². The summed E-state index contributed by atoms with van der Waals surface area (Å²) in [5, 5.41) is 4.78. The van der Waals surface area contributed by atoms with E-state index in [-0.39, 0.29) is 19.0 Å². The molecule has 0 spiro atoms. The summed E-state index contributed by atoms with van der Waals surface area (Å²) < 4.78 is 10.5. The Kier molecular flexibility index (Phi) is 3.69. The van der Waals surface area contributed by atoms with Crippen LogP contribution in [0.25, 0.3) is 11.0 Å². The molecular weight excluding hydrogens is 266 g/mol. The zero-order chi connectivity index (χ0) is 14.7. The third-order valence-electron chi connectivity index (χ3n) is 3.41. The second-order valence-electron chi connectivity index (χ2n) is 4.89. The average molecular weight is 281 g/mol. The van der Waals surface area contributed by atoms with Gasteiger partial charge in [0.1, 0.15) is 12.3 Å². The molecule has 3 rings (SSSR count). The third kappa shape index (κ3) is 2.94. The van der Waals surface area contributed by atoms with Crippen LogP contribution in [0.3, 0.4) is 0 Å². The van der Waals surface area contributed by atoms with Crippen molar-refractivity contribution in [1.29, 1.82) is 0 Å². The number of benzene rings is 2. The molecule has 4 nitrogen and oxygen atoms in total. The van der Waals surface area contributed by atoms with Crippen molar-refractivity contribution in [2.75, 3.05) is 0 Å². The van der Waals surface area contributed by atoms with Gasteiger partial charge in [-0.2, -0.15) is 0 Å². The number of carbonyl (C=O) groups is 1. The van der Waals surface area contributed by atoms with Gasteiger partial charge in [-0.25, -0.2) is 0 Å². The van der Waals surface area contributed by atoms with Gasteiger partial charge >= 0.3 is 5.97 Å². The molecular formula is C17H15NO3. The molecule has 0 N–H and O–H groups in total. The van der Waals surface area contributed by atoms with Crippen molar-refractivity contribution >= 4 is 16.9 Å². The van der Waals surface area contributed by atoms with Crippen LogP contribution in [0, 0.1) is 6.92 Å². The first-order chi connectivity index (χ1) is 10.2. The van der Waals surface area contributed by atoms with Crippen LogP contribution < -0.4 is 0 Å². The predicted molar refractivity (Wildman–Crippen MR) is 78.7 cm³/mol. The van der Waals surface area contributed by atoms with Gasteiger partial charge in [-0.15, -0.1) is 0 Å². The van der Waals surface area contributed by atoms with Crippen molar-refractivity contribution in [1.82, 2.24) is 5.16 Å². The second kappa shape index (κ2) is 5.79. The lowest BCUT2D eigenvalue weighted by Crippen LogP contribution is -2.09. The molecule has 0 unspecified atom stereocenters. The Hall–Kier alpha value is -2.62. The summed E-state index contributed by atoms with van der Waals surface area (Å²) in [6, 6.07) is 15.3. The average Bonchev–Trinajstić information content (AvgIpc) is 2.90. The highest BCUT2D eigenvalue weighted by molar-refractivity contribution is 5.84. The van der Waals surface area contributed by atoms with Crippen LogP contribution in [-0.2, 0) is 22.6 Å². The Morgan fingerprint density at radius 3 is 2.76 bits per heavy atom. The number of para-hydroxylation sites is 1. The zero-order valence-corrected chi connectivity index (χ0v) is 11.7. The van der Waals surface area contributed by atoms with Gasteiger partial charge in [0.15, 0.2) is 5.58 Å². The largest absolute Gasteiger partial charge is 0.461 e. The van der Waals surface area contributed by atoms with E-state index in [9.17, 15) is 4.79 Å². The third-order valence-corrected chi connectivity index (χ3v) is 3.41. The van der Waals surface area contributed by atoms with Crippen LogP contribution in [0.4, 0.5) is 0 Å². The highest BCUT2D eigenvalue weighted by atomic mass is 16.5. The highest BCUT2D eigenvalue weighted by Crippen LogP contribution is 2.18. The van der Waals surface area contributed by atoms with Crippen molar-refractivity contribution < 1.29 is 14.1 Å². The summed E-state index contributed by atoms with van der Waals surface area (Å²) >= 11 is 0. The van der Waals surface area contributed by atoms with Crippen LogP contribution in [0.2, 0.25) is 0 Å². The molecule has 0 aliphatic carbocycles. The quantitative estimate of drug-likeness (QED) is 0.687. The van der Waals surface area contributed by atoms with E-state index < -0.39 is 0 Å². The van der Waals surface area contributed by atoms with E-state index in [1.807, 2.05) is 55.5 Å². The molecule has 106 valence electrons. The standard InChI is InChI=1S/C17H15NO3/c1-12-6-2-3-7-13(12)11-20-17(19)10-15-14-8-4-5-9-16(14)21-18-15/h2-9H,10-11H2,1H3. The summed E-state index contributed by atoms with van der Waals surface area (Å²) in [6.45, 7) is 2.27. The van der Waals surface area contributed by atoms with Crippen LogP contribution in [0.15, 0.2) is 53.1 Å². The number of aromatic nitrogens is 1. The van der Waals surface area contributed by atoms with E-state index in [4.69, 9.17) is 9.26 Å². The van der Waals surface area contributed by atoms with E-state index in [2.05, 4.69) is 5.16 Å². The van der Waals surface area contributed by atoms with Gasteiger partial charge in [0.25, 0.3) is 0 Å². The highest BCUT2D eigenvalue weighted by Gasteiger charge is 2.13. The fourth-order valence-electron chi connectivity index (χ4n) is 2.18. The van der Waals surface area contributed by atoms with E-state index in [0.717, 1.165) is 16.5 Å². The minimum atomic E-state index is -0.308. The molecule has 1 heterocycles. The van der Waals surface area contributed by atoms with Crippen LogP contribution in [0.5, 0.6) is 0 Å². The maximum Gasteiger partial charge on any atom is 0.312 e. The van der Waals surface area contributed by atoms with Crippen molar-refractivity contribution in [2.24, 2.45) is 0 Å². The summed E-state index contributed by atoms with van der Waals surface area (Å²) in [5.74, 6) is -0.308. The summed E-state index contributed by atoms with van der Waals surface area (Å²) in [7, 11) is 0. The minimum absolute atomic E-state index is 0.114. The molecule has 0 amide bonds. The first kappa shape index (κ1) is 13.4.